The lowest BCUT2D eigenvalue weighted by Gasteiger charge is -2.34. The average molecular weight is 298 g/mol. The molecule has 116 valence electrons. The van der Waals surface area contributed by atoms with Crippen LogP contribution in [0.4, 0.5) is 11.4 Å². The van der Waals surface area contributed by atoms with Crippen molar-refractivity contribution in [2.24, 2.45) is 0 Å². The van der Waals surface area contributed by atoms with Crippen LogP contribution in [-0.4, -0.2) is 49.0 Å². The molecule has 2 heterocycles. The van der Waals surface area contributed by atoms with Crippen LogP contribution in [0.1, 0.15) is 5.56 Å². The highest BCUT2D eigenvalue weighted by atomic mass is 16.1. The summed E-state index contributed by atoms with van der Waals surface area (Å²) in [4.78, 5) is 19.6. The van der Waals surface area contributed by atoms with Crippen molar-refractivity contribution < 1.29 is 4.79 Å². The van der Waals surface area contributed by atoms with Gasteiger partial charge in [0.25, 0.3) is 0 Å². The molecule has 1 aliphatic rings. The Hall–Kier alpha value is -2.27. The summed E-state index contributed by atoms with van der Waals surface area (Å²) in [7, 11) is 2.15. The van der Waals surface area contributed by atoms with Crippen molar-refractivity contribution >= 4 is 17.3 Å². The SMILES string of the molecule is CN1CCN(c2ccc(NC(=O)Cc3cc[nH]c3)cc2)CC1. The first-order valence-electron chi connectivity index (χ1n) is 7.66. The maximum Gasteiger partial charge on any atom is 0.228 e. The highest BCUT2D eigenvalue weighted by molar-refractivity contribution is 5.92. The summed E-state index contributed by atoms with van der Waals surface area (Å²) in [5.41, 5.74) is 3.06. The number of aromatic amines is 1. The number of H-pyrrole nitrogens is 1. The summed E-state index contributed by atoms with van der Waals surface area (Å²) in [6, 6.07) is 10.0. The maximum absolute atomic E-state index is 12.0. The van der Waals surface area contributed by atoms with Gasteiger partial charge in [0.1, 0.15) is 0 Å². The van der Waals surface area contributed by atoms with Crippen LogP contribution in [-0.2, 0) is 11.2 Å². The number of carbonyl (C=O) groups is 1. The third-order valence-corrected chi connectivity index (χ3v) is 4.05. The Kier molecular flexibility index (Phi) is 4.44. The van der Waals surface area contributed by atoms with Gasteiger partial charge in [0.2, 0.25) is 5.91 Å². The van der Waals surface area contributed by atoms with Gasteiger partial charge in [-0.25, -0.2) is 0 Å². The molecule has 0 aliphatic carbocycles. The minimum atomic E-state index is 0.00643. The molecule has 1 aromatic carbocycles. The quantitative estimate of drug-likeness (QED) is 0.907. The summed E-state index contributed by atoms with van der Waals surface area (Å²) in [6.45, 7) is 4.29. The normalized spacial score (nSPS) is 15.8. The zero-order valence-electron chi connectivity index (χ0n) is 12.9. The highest BCUT2D eigenvalue weighted by Gasteiger charge is 2.14. The van der Waals surface area contributed by atoms with E-state index in [9.17, 15) is 4.79 Å². The number of aromatic nitrogens is 1. The van der Waals surface area contributed by atoms with Gasteiger partial charge in [-0.3, -0.25) is 4.79 Å². The number of hydrogen-bond acceptors (Lipinski definition) is 3. The van der Waals surface area contributed by atoms with E-state index in [0.29, 0.717) is 6.42 Å². The van der Waals surface area contributed by atoms with Gasteiger partial charge in [0.05, 0.1) is 6.42 Å². The summed E-state index contributed by atoms with van der Waals surface area (Å²) in [6.07, 6.45) is 4.06. The molecule has 0 radical (unpaired) electrons. The van der Waals surface area contributed by atoms with Crippen molar-refractivity contribution in [2.45, 2.75) is 6.42 Å². The van der Waals surface area contributed by atoms with Crippen molar-refractivity contribution in [1.82, 2.24) is 9.88 Å². The first-order valence-corrected chi connectivity index (χ1v) is 7.66. The molecule has 5 nitrogen and oxygen atoms in total. The lowest BCUT2D eigenvalue weighted by molar-refractivity contribution is -0.115. The molecule has 1 fully saturated rings. The van der Waals surface area contributed by atoms with Crippen LogP contribution in [0, 0.1) is 0 Å². The second-order valence-electron chi connectivity index (χ2n) is 5.78. The number of anilines is 2. The van der Waals surface area contributed by atoms with E-state index in [1.807, 2.05) is 30.6 Å². The largest absolute Gasteiger partial charge is 0.369 e. The second-order valence-corrected chi connectivity index (χ2v) is 5.78. The van der Waals surface area contributed by atoms with Crippen molar-refractivity contribution in [2.75, 3.05) is 43.4 Å². The predicted octanol–water partition coefficient (Wildman–Crippen LogP) is 1.95. The third-order valence-electron chi connectivity index (χ3n) is 4.05. The number of nitrogens with zero attached hydrogens (tertiary/aromatic N) is 2. The molecule has 2 N–H and O–H groups in total. The summed E-state index contributed by atoms with van der Waals surface area (Å²) in [5.74, 6) is 0.00643. The lowest BCUT2D eigenvalue weighted by atomic mass is 10.2. The number of rotatable bonds is 4. The lowest BCUT2D eigenvalue weighted by Crippen LogP contribution is -2.44. The summed E-state index contributed by atoms with van der Waals surface area (Å²) < 4.78 is 0. The van der Waals surface area contributed by atoms with Crippen LogP contribution in [0.3, 0.4) is 0 Å². The van der Waals surface area contributed by atoms with E-state index in [0.717, 1.165) is 37.4 Å². The minimum Gasteiger partial charge on any atom is -0.369 e. The molecular weight excluding hydrogens is 276 g/mol. The van der Waals surface area contributed by atoms with Crippen LogP contribution in [0.15, 0.2) is 42.7 Å². The van der Waals surface area contributed by atoms with Crippen molar-refractivity contribution in [3.05, 3.63) is 48.3 Å². The van der Waals surface area contributed by atoms with Gasteiger partial charge >= 0.3 is 0 Å². The third kappa shape index (κ3) is 3.68. The Balaban J connectivity index is 1.56. The number of carbonyl (C=O) groups excluding carboxylic acids is 1. The Bertz CT molecular complexity index is 598. The molecule has 1 aromatic heterocycles. The first kappa shape index (κ1) is 14.7. The molecule has 0 unspecified atom stereocenters. The van der Waals surface area contributed by atoms with E-state index in [4.69, 9.17) is 0 Å². The van der Waals surface area contributed by atoms with E-state index in [1.165, 1.54) is 5.69 Å². The topological polar surface area (TPSA) is 51.4 Å². The number of amides is 1. The molecule has 3 rings (SSSR count). The molecule has 0 atom stereocenters. The second kappa shape index (κ2) is 6.66. The first-order chi connectivity index (χ1) is 10.7. The fourth-order valence-corrected chi connectivity index (χ4v) is 2.68. The van der Waals surface area contributed by atoms with Crippen molar-refractivity contribution in [1.29, 1.82) is 0 Å². The van der Waals surface area contributed by atoms with Crippen LogP contribution in [0.25, 0.3) is 0 Å². The van der Waals surface area contributed by atoms with Crippen LogP contribution in [0.5, 0.6) is 0 Å². The molecule has 0 saturated carbocycles. The highest BCUT2D eigenvalue weighted by Crippen LogP contribution is 2.19. The summed E-state index contributed by atoms with van der Waals surface area (Å²) in [5, 5.41) is 2.94. The molecule has 1 amide bonds. The van der Waals surface area contributed by atoms with Gasteiger partial charge < -0.3 is 20.1 Å². The smallest absolute Gasteiger partial charge is 0.228 e. The molecule has 0 bridgehead atoms. The van der Waals surface area contributed by atoms with Crippen molar-refractivity contribution in [3.63, 3.8) is 0 Å². The van der Waals surface area contributed by atoms with Gasteiger partial charge in [0, 0.05) is 49.9 Å². The fraction of sp³-hybridized carbons (Fsp3) is 0.353. The number of hydrogen-bond donors (Lipinski definition) is 2. The van der Waals surface area contributed by atoms with Crippen LogP contribution in [0.2, 0.25) is 0 Å². The van der Waals surface area contributed by atoms with Gasteiger partial charge in [-0.1, -0.05) is 0 Å². The van der Waals surface area contributed by atoms with Crippen LogP contribution < -0.4 is 10.2 Å². The fourth-order valence-electron chi connectivity index (χ4n) is 2.68. The number of nitrogens with one attached hydrogen (secondary N) is 2. The average Bonchev–Trinajstić information content (AvgIpc) is 3.02. The molecular formula is C17H22N4O. The monoisotopic (exact) mass is 298 g/mol. The molecule has 5 heteroatoms. The Morgan fingerprint density at radius 2 is 1.86 bits per heavy atom. The number of piperazine rings is 1. The van der Waals surface area contributed by atoms with Gasteiger partial charge in [-0.15, -0.1) is 0 Å². The van der Waals surface area contributed by atoms with Gasteiger partial charge in [0.15, 0.2) is 0 Å². The van der Waals surface area contributed by atoms with Crippen molar-refractivity contribution in [3.8, 4) is 0 Å². The zero-order chi connectivity index (χ0) is 15.4. The predicted molar refractivity (Wildman–Crippen MR) is 89.3 cm³/mol. The van der Waals surface area contributed by atoms with E-state index >= 15 is 0 Å². The van der Waals surface area contributed by atoms with Gasteiger partial charge in [-0.05, 0) is 42.9 Å². The standard InChI is InChI=1S/C17H22N4O/c1-20-8-10-21(11-9-20)16-4-2-15(3-5-16)19-17(22)12-14-6-7-18-13-14/h2-7,13,18H,8-12H2,1H3,(H,19,22). The zero-order valence-corrected chi connectivity index (χ0v) is 12.9. The van der Waals surface area contributed by atoms with E-state index < -0.39 is 0 Å². The minimum absolute atomic E-state index is 0.00643. The van der Waals surface area contributed by atoms with Crippen LogP contribution >= 0.6 is 0 Å². The van der Waals surface area contributed by atoms with E-state index in [-0.39, 0.29) is 5.91 Å². The maximum atomic E-state index is 12.0. The Morgan fingerprint density at radius 1 is 1.14 bits per heavy atom. The molecule has 0 spiro atoms. The van der Waals surface area contributed by atoms with E-state index in [2.05, 4.69) is 39.3 Å². The molecule has 1 saturated heterocycles. The summed E-state index contributed by atoms with van der Waals surface area (Å²) >= 11 is 0. The van der Waals surface area contributed by atoms with E-state index in [1.54, 1.807) is 0 Å². The molecule has 22 heavy (non-hydrogen) atoms. The Morgan fingerprint density at radius 3 is 2.50 bits per heavy atom. The van der Waals surface area contributed by atoms with Gasteiger partial charge in [-0.2, -0.15) is 0 Å². The number of likely N-dealkylation sites (N-methyl/N-ethyl adjacent to an activating group) is 1. The molecule has 2 aromatic rings. The Labute approximate surface area is 130 Å². The number of benzene rings is 1. The molecule has 1 aliphatic heterocycles.